The van der Waals surface area contributed by atoms with Crippen LogP contribution in [0.2, 0.25) is 0 Å². The average molecular weight is 306 g/mol. The number of benzene rings is 1. The van der Waals surface area contributed by atoms with Crippen LogP contribution in [0.15, 0.2) is 16.6 Å². The van der Waals surface area contributed by atoms with Gasteiger partial charge >= 0.3 is 0 Å². The van der Waals surface area contributed by atoms with Gasteiger partial charge in [0.15, 0.2) is 0 Å². The van der Waals surface area contributed by atoms with Gasteiger partial charge in [-0.25, -0.2) is 0 Å². The highest BCUT2D eigenvalue weighted by Gasteiger charge is 2.08. The normalized spacial score (nSPS) is 10.4. The van der Waals surface area contributed by atoms with Crippen LogP contribution in [0.4, 0.5) is 0 Å². The average Bonchev–Trinajstić information content (AvgIpc) is 2.29. The zero-order chi connectivity index (χ0) is 12.0. The van der Waals surface area contributed by atoms with Crippen LogP contribution in [0, 0.1) is 0 Å². The Balaban J connectivity index is 2.66. The first-order valence-corrected chi connectivity index (χ1v) is 7.12. The number of hydrogen-bond donors (Lipinski definition) is 2. The Morgan fingerprint density at radius 1 is 1.50 bits per heavy atom. The lowest BCUT2D eigenvalue weighted by molar-refractivity contribution is 0.409. The Morgan fingerprint density at radius 2 is 2.25 bits per heavy atom. The van der Waals surface area contributed by atoms with Gasteiger partial charge in [-0.05, 0) is 34.3 Å². The maximum atomic E-state index is 9.83. The van der Waals surface area contributed by atoms with E-state index in [2.05, 4.69) is 27.5 Å². The fourth-order valence-electron chi connectivity index (χ4n) is 1.28. The van der Waals surface area contributed by atoms with E-state index in [9.17, 15) is 5.11 Å². The Labute approximate surface area is 109 Å². The van der Waals surface area contributed by atoms with Crippen molar-refractivity contribution >= 4 is 27.7 Å². The highest BCUT2D eigenvalue weighted by molar-refractivity contribution is 9.10. The fraction of sp³-hybridized carbons (Fsp3) is 0.455. The third-order valence-electron chi connectivity index (χ3n) is 2.15. The van der Waals surface area contributed by atoms with E-state index >= 15 is 0 Å². The van der Waals surface area contributed by atoms with Crippen LogP contribution in [0.3, 0.4) is 0 Å². The minimum atomic E-state index is 0.275. The van der Waals surface area contributed by atoms with E-state index in [0.29, 0.717) is 11.0 Å². The molecule has 0 fully saturated rings. The summed E-state index contributed by atoms with van der Waals surface area (Å²) in [6, 6.07) is 3.59. The molecule has 0 aliphatic rings. The minimum Gasteiger partial charge on any atom is -0.506 e. The standard InChI is InChI=1S/C11H16BrNO2S/c1-15-9-5-8(7-13-3-4-16-2)11(14)10(12)6-9/h5-6,13-14H,3-4,7H2,1-2H3. The maximum Gasteiger partial charge on any atom is 0.134 e. The zero-order valence-corrected chi connectivity index (χ0v) is 11.8. The van der Waals surface area contributed by atoms with Crippen molar-refractivity contribution in [2.24, 2.45) is 0 Å². The SMILES string of the molecule is COc1cc(Br)c(O)c(CNCCSC)c1. The van der Waals surface area contributed by atoms with Gasteiger partial charge in [0.25, 0.3) is 0 Å². The summed E-state index contributed by atoms with van der Waals surface area (Å²) in [4.78, 5) is 0. The van der Waals surface area contributed by atoms with Crippen molar-refractivity contribution in [2.45, 2.75) is 6.54 Å². The molecule has 1 rings (SSSR count). The van der Waals surface area contributed by atoms with E-state index in [0.717, 1.165) is 23.6 Å². The molecule has 0 aliphatic heterocycles. The quantitative estimate of drug-likeness (QED) is 0.793. The van der Waals surface area contributed by atoms with Crippen LogP contribution < -0.4 is 10.1 Å². The molecule has 0 aromatic heterocycles. The van der Waals surface area contributed by atoms with Gasteiger partial charge in [-0.3, -0.25) is 0 Å². The maximum absolute atomic E-state index is 9.83. The van der Waals surface area contributed by atoms with Gasteiger partial charge in [-0.15, -0.1) is 0 Å². The highest BCUT2D eigenvalue weighted by atomic mass is 79.9. The summed E-state index contributed by atoms with van der Waals surface area (Å²) >= 11 is 5.09. The van der Waals surface area contributed by atoms with Crippen molar-refractivity contribution < 1.29 is 9.84 Å². The number of nitrogens with one attached hydrogen (secondary N) is 1. The lowest BCUT2D eigenvalue weighted by atomic mass is 10.2. The number of methoxy groups -OCH3 is 1. The van der Waals surface area contributed by atoms with Gasteiger partial charge in [-0.2, -0.15) is 11.8 Å². The summed E-state index contributed by atoms with van der Waals surface area (Å²) in [5, 5.41) is 13.1. The molecule has 0 spiro atoms. The molecule has 2 N–H and O–H groups in total. The first kappa shape index (κ1) is 13.7. The molecule has 1 aromatic rings. The molecule has 0 heterocycles. The molecular weight excluding hydrogens is 290 g/mol. The molecule has 16 heavy (non-hydrogen) atoms. The third kappa shape index (κ3) is 3.88. The molecule has 0 unspecified atom stereocenters. The van der Waals surface area contributed by atoms with Crippen LogP contribution in [0.5, 0.6) is 11.5 Å². The molecule has 0 saturated carbocycles. The topological polar surface area (TPSA) is 41.5 Å². The number of aromatic hydroxyl groups is 1. The summed E-state index contributed by atoms with van der Waals surface area (Å²) in [5.41, 5.74) is 0.840. The Morgan fingerprint density at radius 3 is 2.88 bits per heavy atom. The van der Waals surface area contributed by atoms with Crippen molar-refractivity contribution in [1.29, 1.82) is 0 Å². The number of hydrogen-bond acceptors (Lipinski definition) is 4. The second kappa shape index (κ2) is 7.04. The van der Waals surface area contributed by atoms with E-state index in [4.69, 9.17) is 4.74 Å². The van der Waals surface area contributed by atoms with Crippen LogP contribution in [0.1, 0.15) is 5.56 Å². The fourth-order valence-corrected chi connectivity index (χ4v) is 2.11. The third-order valence-corrected chi connectivity index (χ3v) is 3.37. The predicted molar refractivity (Wildman–Crippen MR) is 72.4 cm³/mol. The molecule has 1 aromatic carbocycles. The molecule has 0 atom stereocenters. The van der Waals surface area contributed by atoms with Crippen LogP contribution in [-0.4, -0.2) is 30.8 Å². The van der Waals surface area contributed by atoms with Crippen molar-refractivity contribution in [3.63, 3.8) is 0 Å². The number of rotatable bonds is 6. The molecule has 5 heteroatoms. The smallest absolute Gasteiger partial charge is 0.134 e. The lowest BCUT2D eigenvalue weighted by Crippen LogP contribution is -2.16. The Bertz CT molecular complexity index is 347. The summed E-state index contributed by atoms with van der Waals surface area (Å²) in [6.45, 7) is 1.57. The van der Waals surface area contributed by atoms with Crippen molar-refractivity contribution in [3.8, 4) is 11.5 Å². The Hall–Kier alpha value is -0.390. The highest BCUT2D eigenvalue weighted by Crippen LogP contribution is 2.32. The van der Waals surface area contributed by atoms with E-state index < -0.39 is 0 Å². The number of thioether (sulfide) groups is 1. The first-order valence-electron chi connectivity index (χ1n) is 4.94. The molecule has 0 amide bonds. The summed E-state index contributed by atoms with van der Waals surface area (Å²) in [5.74, 6) is 2.08. The van der Waals surface area contributed by atoms with E-state index in [1.165, 1.54) is 0 Å². The lowest BCUT2D eigenvalue weighted by Gasteiger charge is -2.10. The number of halogens is 1. The van der Waals surface area contributed by atoms with Gasteiger partial charge in [0.05, 0.1) is 11.6 Å². The van der Waals surface area contributed by atoms with E-state index in [1.807, 2.05) is 6.07 Å². The van der Waals surface area contributed by atoms with E-state index in [-0.39, 0.29) is 5.75 Å². The minimum absolute atomic E-state index is 0.275. The number of phenolic OH excluding ortho intramolecular Hbond substituents is 1. The summed E-state index contributed by atoms with van der Waals surface area (Å²) < 4.78 is 5.81. The van der Waals surface area contributed by atoms with Crippen molar-refractivity contribution in [2.75, 3.05) is 25.7 Å². The van der Waals surface area contributed by atoms with Gasteiger partial charge in [0.1, 0.15) is 11.5 Å². The molecular formula is C11H16BrNO2S. The van der Waals surface area contributed by atoms with Crippen molar-refractivity contribution in [1.82, 2.24) is 5.32 Å². The second-order valence-corrected chi connectivity index (χ2v) is 5.13. The molecule has 0 radical (unpaired) electrons. The second-order valence-electron chi connectivity index (χ2n) is 3.29. The van der Waals surface area contributed by atoms with Gasteiger partial charge < -0.3 is 15.2 Å². The van der Waals surface area contributed by atoms with Crippen molar-refractivity contribution in [3.05, 3.63) is 22.2 Å². The predicted octanol–water partition coefficient (Wildman–Crippen LogP) is 2.62. The molecule has 0 aliphatic carbocycles. The number of ether oxygens (including phenoxy) is 1. The molecule has 0 bridgehead atoms. The van der Waals surface area contributed by atoms with Gasteiger partial charge in [0, 0.05) is 24.4 Å². The first-order chi connectivity index (χ1) is 7.69. The Kier molecular flexibility index (Phi) is 6.01. The monoisotopic (exact) mass is 305 g/mol. The molecule has 90 valence electrons. The van der Waals surface area contributed by atoms with Crippen LogP contribution in [-0.2, 0) is 6.54 Å². The van der Waals surface area contributed by atoms with Gasteiger partial charge in [-0.1, -0.05) is 0 Å². The van der Waals surface area contributed by atoms with E-state index in [1.54, 1.807) is 24.9 Å². The molecule has 0 saturated heterocycles. The van der Waals surface area contributed by atoms with Crippen LogP contribution >= 0.6 is 27.7 Å². The number of phenols is 1. The zero-order valence-electron chi connectivity index (χ0n) is 9.42. The van der Waals surface area contributed by atoms with Crippen LogP contribution in [0.25, 0.3) is 0 Å². The summed E-state index contributed by atoms with van der Waals surface area (Å²) in [7, 11) is 1.61. The molecule has 3 nitrogen and oxygen atoms in total. The van der Waals surface area contributed by atoms with Gasteiger partial charge in [0.2, 0.25) is 0 Å². The largest absolute Gasteiger partial charge is 0.506 e. The summed E-state index contributed by atoms with van der Waals surface area (Å²) in [6.07, 6.45) is 2.07.